The third-order valence-corrected chi connectivity index (χ3v) is 4.92. The minimum atomic E-state index is 0.806. The number of imidazole rings is 1. The maximum atomic E-state index is 5.45. The number of aryl methyl sites for hydroxylation is 1. The van der Waals surface area contributed by atoms with Crippen molar-refractivity contribution in [1.29, 1.82) is 0 Å². The second-order valence-corrected chi connectivity index (χ2v) is 6.88. The van der Waals surface area contributed by atoms with Gasteiger partial charge in [0.2, 0.25) is 0 Å². The first kappa shape index (κ1) is 18.9. The van der Waals surface area contributed by atoms with Gasteiger partial charge in [0.25, 0.3) is 0 Å². The average Bonchev–Trinajstić information content (AvgIpc) is 3.20. The van der Waals surface area contributed by atoms with Crippen LogP contribution < -0.4 is 4.74 Å². The molecule has 5 nitrogen and oxygen atoms in total. The van der Waals surface area contributed by atoms with Crippen LogP contribution in [0.25, 0.3) is 34.6 Å². The number of unbranched alkanes of at least 4 members (excludes halogenated alkanes) is 1. The normalized spacial score (nSPS) is 11.4. The Labute approximate surface area is 170 Å². The van der Waals surface area contributed by atoms with Crippen molar-refractivity contribution in [1.82, 2.24) is 19.5 Å². The largest absolute Gasteiger partial charge is 0.497 e. The van der Waals surface area contributed by atoms with Crippen LogP contribution >= 0.6 is 0 Å². The number of benzene rings is 2. The number of methoxy groups -OCH3 is 1. The van der Waals surface area contributed by atoms with Gasteiger partial charge in [-0.25, -0.2) is 15.0 Å². The molecular weight excluding hydrogens is 360 g/mol. The Balaban J connectivity index is 1.80. The quantitative estimate of drug-likeness (QED) is 0.396. The van der Waals surface area contributed by atoms with Crippen LogP contribution in [-0.4, -0.2) is 26.6 Å². The van der Waals surface area contributed by atoms with Crippen molar-refractivity contribution < 1.29 is 4.74 Å². The summed E-state index contributed by atoms with van der Waals surface area (Å²) in [4.78, 5) is 13.7. The molecule has 0 saturated carbocycles. The molecule has 0 bridgehead atoms. The van der Waals surface area contributed by atoms with Crippen LogP contribution in [0.15, 0.2) is 61.2 Å². The molecule has 0 aliphatic heterocycles. The molecule has 146 valence electrons. The van der Waals surface area contributed by atoms with Gasteiger partial charge in [-0.05, 0) is 35.7 Å². The molecule has 0 N–H and O–H groups in total. The Hall–Kier alpha value is -3.47. The highest BCUT2D eigenvalue weighted by molar-refractivity contribution is 5.91. The third kappa shape index (κ3) is 4.04. The van der Waals surface area contributed by atoms with Crippen molar-refractivity contribution in [2.45, 2.75) is 26.3 Å². The Bertz CT molecular complexity index is 1130. The molecule has 0 atom stereocenters. The van der Waals surface area contributed by atoms with E-state index < -0.39 is 0 Å². The van der Waals surface area contributed by atoms with Crippen LogP contribution in [0.3, 0.4) is 0 Å². The van der Waals surface area contributed by atoms with Gasteiger partial charge in [-0.2, -0.15) is 0 Å². The second-order valence-electron chi connectivity index (χ2n) is 6.88. The summed E-state index contributed by atoms with van der Waals surface area (Å²) in [5.41, 5.74) is 5.70. The summed E-state index contributed by atoms with van der Waals surface area (Å²) in [6.07, 6.45) is 9.90. The minimum Gasteiger partial charge on any atom is -0.497 e. The van der Waals surface area contributed by atoms with E-state index in [1.54, 1.807) is 13.4 Å². The zero-order chi connectivity index (χ0) is 20.1. The van der Waals surface area contributed by atoms with E-state index in [0.717, 1.165) is 58.7 Å². The van der Waals surface area contributed by atoms with Crippen LogP contribution in [0.2, 0.25) is 0 Å². The monoisotopic (exact) mass is 384 g/mol. The summed E-state index contributed by atoms with van der Waals surface area (Å²) >= 11 is 0. The van der Waals surface area contributed by atoms with E-state index in [-0.39, 0.29) is 0 Å². The first-order valence-electron chi connectivity index (χ1n) is 9.87. The van der Waals surface area contributed by atoms with Crippen molar-refractivity contribution in [3.8, 4) is 17.0 Å². The molecule has 0 saturated heterocycles. The molecule has 0 fully saturated rings. The molecule has 29 heavy (non-hydrogen) atoms. The van der Waals surface area contributed by atoms with Gasteiger partial charge in [0.05, 0.1) is 13.4 Å². The number of aromatic nitrogens is 4. The lowest BCUT2D eigenvalue weighted by Gasteiger charge is -2.09. The van der Waals surface area contributed by atoms with E-state index >= 15 is 0 Å². The van der Waals surface area contributed by atoms with Gasteiger partial charge in [0.15, 0.2) is 5.65 Å². The molecule has 2 heterocycles. The van der Waals surface area contributed by atoms with E-state index in [9.17, 15) is 0 Å². The van der Waals surface area contributed by atoms with E-state index in [1.165, 1.54) is 0 Å². The molecule has 0 radical (unpaired) electrons. The van der Waals surface area contributed by atoms with E-state index in [1.807, 2.05) is 42.7 Å². The highest BCUT2D eigenvalue weighted by atomic mass is 16.5. The van der Waals surface area contributed by atoms with E-state index in [0.29, 0.717) is 0 Å². The number of rotatable bonds is 7. The molecule has 0 unspecified atom stereocenters. The predicted molar refractivity (Wildman–Crippen MR) is 118 cm³/mol. The van der Waals surface area contributed by atoms with E-state index in [2.05, 4.69) is 50.7 Å². The van der Waals surface area contributed by atoms with Gasteiger partial charge >= 0.3 is 0 Å². The average molecular weight is 384 g/mol. The maximum Gasteiger partial charge on any atom is 0.163 e. The maximum absolute atomic E-state index is 5.45. The number of ether oxygens (including phenoxy) is 1. The summed E-state index contributed by atoms with van der Waals surface area (Å²) in [5.74, 6) is 0.806. The van der Waals surface area contributed by atoms with Crippen molar-refractivity contribution in [3.05, 3.63) is 72.3 Å². The molecule has 2 aromatic heterocycles. The van der Waals surface area contributed by atoms with Crippen LogP contribution in [0, 0.1) is 0 Å². The van der Waals surface area contributed by atoms with Crippen LogP contribution in [0.4, 0.5) is 0 Å². The topological polar surface area (TPSA) is 52.8 Å². The van der Waals surface area contributed by atoms with Gasteiger partial charge in [-0.15, -0.1) is 0 Å². The summed E-state index contributed by atoms with van der Waals surface area (Å²) in [6, 6.07) is 16.3. The molecule has 0 aliphatic carbocycles. The Morgan fingerprint density at radius 3 is 2.66 bits per heavy atom. The fraction of sp³-hybridized carbons (Fsp3) is 0.208. The summed E-state index contributed by atoms with van der Waals surface area (Å²) in [6.45, 7) is 3.09. The fourth-order valence-electron chi connectivity index (χ4n) is 3.34. The van der Waals surface area contributed by atoms with Gasteiger partial charge in [0.1, 0.15) is 23.3 Å². The fourth-order valence-corrected chi connectivity index (χ4v) is 3.34. The van der Waals surface area contributed by atoms with Crippen LogP contribution in [0.5, 0.6) is 5.75 Å². The number of hydrogen-bond acceptors (Lipinski definition) is 4. The zero-order valence-electron chi connectivity index (χ0n) is 16.7. The summed E-state index contributed by atoms with van der Waals surface area (Å²) in [7, 11) is 1.68. The minimum absolute atomic E-state index is 0.806. The molecule has 2 aromatic carbocycles. The van der Waals surface area contributed by atoms with Gasteiger partial charge in [0, 0.05) is 12.1 Å². The Morgan fingerprint density at radius 2 is 1.86 bits per heavy atom. The molecule has 0 amide bonds. The third-order valence-electron chi connectivity index (χ3n) is 4.92. The summed E-state index contributed by atoms with van der Waals surface area (Å²) in [5, 5.41) is 0. The summed E-state index contributed by atoms with van der Waals surface area (Å²) < 4.78 is 7.55. The lowest BCUT2D eigenvalue weighted by Crippen LogP contribution is -1.98. The van der Waals surface area contributed by atoms with Crippen molar-refractivity contribution in [2.24, 2.45) is 0 Å². The Kier molecular flexibility index (Phi) is 5.66. The van der Waals surface area contributed by atoms with Gasteiger partial charge in [-0.1, -0.05) is 55.8 Å². The van der Waals surface area contributed by atoms with Crippen LogP contribution in [0.1, 0.15) is 30.9 Å². The lowest BCUT2D eigenvalue weighted by atomic mass is 10.0. The molecule has 0 spiro atoms. The molecule has 4 rings (SSSR count). The van der Waals surface area contributed by atoms with Crippen molar-refractivity contribution >= 4 is 23.3 Å². The second kappa shape index (κ2) is 8.69. The first-order valence-corrected chi connectivity index (χ1v) is 9.87. The highest BCUT2D eigenvalue weighted by Crippen LogP contribution is 2.31. The van der Waals surface area contributed by atoms with Crippen molar-refractivity contribution in [2.75, 3.05) is 7.11 Å². The molecule has 4 aromatic rings. The lowest BCUT2D eigenvalue weighted by molar-refractivity contribution is 0.415. The van der Waals surface area contributed by atoms with E-state index in [4.69, 9.17) is 4.74 Å². The molecule has 5 heteroatoms. The van der Waals surface area contributed by atoms with Crippen molar-refractivity contribution in [3.63, 3.8) is 0 Å². The van der Waals surface area contributed by atoms with Crippen LogP contribution in [-0.2, 0) is 6.54 Å². The smallest absolute Gasteiger partial charge is 0.163 e. The number of fused-ring (bicyclic) bond motifs is 1. The Morgan fingerprint density at radius 1 is 1.00 bits per heavy atom. The van der Waals surface area contributed by atoms with Gasteiger partial charge < -0.3 is 9.30 Å². The number of nitrogens with zero attached hydrogens (tertiary/aromatic N) is 4. The predicted octanol–water partition coefficient (Wildman–Crippen LogP) is 5.47. The molecular formula is C24H24N4O. The van der Waals surface area contributed by atoms with Gasteiger partial charge in [-0.3, -0.25) is 0 Å². The zero-order valence-corrected chi connectivity index (χ0v) is 16.7. The first-order chi connectivity index (χ1) is 14.3. The number of hydrogen-bond donors (Lipinski definition) is 0. The standard InChI is InChI=1S/C24H24N4O/c1-3-4-14-28-17-27-23-22(25-16-26-24(23)28)21-13-12-20(29-2)15-19(21)11-10-18-8-6-5-7-9-18/h5-13,15-17H,3-4,14H2,1-2H3/b11-10-. The highest BCUT2D eigenvalue weighted by Gasteiger charge is 2.14. The SMILES string of the molecule is CCCCn1cnc2c(-c3ccc(OC)cc3/C=C\c3ccccc3)ncnc21. The molecule has 0 aliphatic rings.